The minimum absolute atomic E-state index is 0.205. The van der Waals surface area contributed by atoms with E-state index in [0.717, 1.165) is 24.8 Å². The average molecular weight is 250 g/mol. The molecule has 1 saturated heterocycles. The Bertz CT molecular complexity index is 308. The number of β-amino-alcohol motifs (C(OH)–C–C–N with tert-alkyl or cyclic N) is 1. The van der Waals surface area contributed by atoms with Crippen molar-refractivity contribution in [1.29, 1.82) is 0 Å². The van der Waals surface area contributed by atoms with Crippen molar-refractivity contribution in [3.63, 3.8) is 0 Å². The summed E-state index contributed by atoms with van der Waals surface area (Å²) in [5.74, 6) is 3.59. The molecule has 4 unspecified atom stereocenters. The van der Waals surface area contributed by atoms with Gasteiger partial charge in [0.25, 0.3) is 0 Å². The molecule has 4 saturated carbocycles. The predicted molar refractivity (Wildman–Crippen MR) is 68.9 cm³/mol. The fraction of sp³-hybridized carbons (Fsp3) is 0.933. The van der Waals surface area contributed by atoms with Crippen LogP contribution < -0.4 is 0 Å². The molecule has 0 aromatic rings. The van der Waals surface area contributed by atoms with E-state index in [4.69, 9.17) is 0 Å². The maximum atomic E-state index is 9.94. The Labute approximate surface area is 109 Å². The third-order valence-electron chi connectivity index (χ3n) is 5.95. The third-order valence-corrected chi connectivity index (χ3v) is 5.95. The number of rotatable bonds is 2. The van der Waals surface area contributed by atoms with E-state index < -0.39 is 0 Å². The van der Waals surface area contributed by atoms with Gasteiger partial charge in [0.15, 0.2) is 0 Å². The first kappa shape index (κ1) is 11.7. The van der Waals surface area contributed by atoms with E-state index in [1.807, 2.05) is 0 Å². The smallest absolute Gasteiger partial charge is 0.0683 e. The second kappa shape index (κ2) is 3.94. The number of aliphatic hydroxyl groups is 2. The lowest BCUT2D eigenvalue weighted by atomic mass is 9.52. The molecule has 4 atom stereocenters. The molecule has 5 aliphatic rings. The molecule has 0 spiro atoms. The van der Waals surface area contributed by atoms with E-state index >= 15 is 0 Å². The zero-order chi connectivity index (χ0) is 12.3. The summed E-state index contributed by atoms with van der Waals surface area (Å²) < 4.78 is 0. The molecule has 0 aromatic heterocycles. The van der Waals surface area contributed by atoms with Crippen LogP contribution in [0.2, 0.25) is 0 Å². The molecule has 18 heavy (non-hydrogen) atoms. The lowest BCUT2D eigenvalue weighted by Crippen LogP contribution is -2.61. The molecule has 5 rings (SSSR count). The van der Waals surface area contributed by atoms with E-state index in [9.17, 15) is 10.2 Å². The van der Waals surface area contributed by atoms with E-state index in [-0.39, 0.29) is 18.8 Å². The van der Waals surface area contributed by atoms with Crippen LogP contribution in [0.15, 0.2) is 0 Å². The Morgan fingerprint density at radius 3 is 2.50 bits per heavy atom. The molecule has 3 heteroatoms. The van der Waals surface area contributed by atoms with Gasteiger partial charge in [-0.05, 0) is 62.7 Å². The van der Waals surface area contributed by atoms with Gasteiger partial charge in [-0.25, -0.2) is 0 Å². The lowest BCUT2D eigenvalue weighted by Gasteiger charge is -2.60. The Kier molecular flexibility index (Phi) is 2.56. The number of nitrogens with zero attached hydrogens (tertiary/aromatic N) is 1. The minimum Gasteiger partial charge on any atom is -0.395 e. The van der Waals surface area contributed by atoms with Gasteiger partial charge in [-0.15, -0.1) is 0 Å². The lowest BCUT2D eigenvalue weighted by molar-refractivity contribution is -0.0633. The van der Waals surface area contributed by atoms with Gasteiger partial charge >= 0.3 is 0 Å². The van der Waals surface area contributed by atoms with Crippen molar-refractivity contribution in [1.82, 2.24) is 4.90 Å². The van der Waals surface area contributed by atoms with Crippen molar-refractivity contribution in [2.45, 2.75) is 62.6 Å². The summed E-state index contributed by atoms with van der Waals surface area (Å²) in [5, 5.41) is 19.5. The minimum atomic E-state index is -0.222. The summed E-state index contributed by atoms with van der Waals surface area (Å²) in [5.41, 5.74) is 0.310. The first-order valence-electron chi connectivity index (χ1n) is 7.58. The Hall–Kier alpha value is -0.120. The number of likely N-dealkylation sites (tertiary alicyclic amines) is 1. The third kappa shape index (κ3) is 1.60. The molecule has 0 amide bonds. The van der Waals surface area contributed by atoms with Gasteiger partial charge in [0, 0.05) is 18.1 Å². The highest BCUT2D eigenvalue weighted by molar-refractivity contribution is 5.19. The van der Waals surface area contributed by atoms with Gasteiger partial charge in [-0.1, -0.05) is 0 Å². The van der Waals surface area contributed by atoms with E-state index in [2.05, 4.69) is 4.90 Å². The van der Waals surface area contributed by atoms with Crippen LogP contribution in [0.25, 0.3) is 0 Å². The molecule has 1 heterocycles. The largest absolute Gasteiger partial charge is 0.395 e. The standard InChI is InChI=1S/C15H24NO2/c17-9-13-4-14(18)8-16(13)15-5-10-1-11(6-15)3-12(2-10)7-15/h10-11,13-14,17-18H,1-9H2. The Morgan fingerprint density at radius 2 is 1.89 bits per heavy atom. The van der Waals surface area contributed by atoms with Crippen molar-refractivity contribution in [3.8, 4) is 0 Å². The van der Waals surface area contributed by atoms with E-state index in [1.165, 1.54) is 38.5 Å². The van der Waals surface area contributed by atoms with Crippen LogP contribution >= 0.6 is 0 Å². The van der Waals surface area contributed by atoms with Gasteiger partial charge in [0.05, 0.1) is 12.7 Å². The quantitative estimate of drug-likeness (QED) is 0.777. The van der Waals surface area contributed by atoms with Crippen LogP contribution in [0.3, 0.4) is 0 Å². The van der Waals surface area contributed by atoms with Gasteiger partial charge in [-0.3, -0.25) is 4.90 Å². The van der Waals surface area contributed by atoms with E-state index in [1.54, 1.807) is 5.92 Å². The van der Waals surface area contributed by atoms with Crippen LogP contribution in [0.5, 0.6) is 0 Å². The second-order valence-corrected chi connectivity index (χ2v) is 7.31. The zero-order valence-electron chi connectivity index (χ0n) is 11.0. The topological polar surface area (TPSA) is 43.7 Å². The van der Waals surface area contributed by atoms with Crippen LogP contribution in [0, 0.1) is 17.8 Å². The first-order valence-corrected chi connectivity index (χ1v) is 7.58. The average Bonchev–Trinajstić information content (AvgIpc) is 2.69. The summed E-state index contributed by atoms with van der Waals surface area (Å²) in [6.07, 6.45) is 8.61. The highest BCUT2D eigenvalue weighted by Crippen LogP contribution is 2.59. The monoisotopic (exact) mass is 250 g/mol. The predicted octanol–water partition coefficient (Wildman–Crippen LogP) is 1.34. The summed E-state index contributed by atoms with van der Waals surface area (Å²) in [6.45, 7) is 1.00. The van der Waals surface area contributed by atoms with Crippen molar-refractivity contribution < 1.29 is 10.2 Å². The maximum Gasteiger partial charge on any atom is 0.0683 e. The summed E-state index contributed by atoms with van der Waals surface area (Å²) in [4.78, 5) is 2.50. The van der Waals surface area contributed by atoms with Gasteiger partial charge < -0.3 is 10.2 Å². The molecule has 4 bridgehead atoms. The first-order chi connectivity index (χ1) is 8.68. The molecule has 0 aromatic carbocycles. The normalized spacial score (nSPS) is 52.3. The second-order valence-electron chi connectivity index (χ2n) is 7.31. The van der Waals surface area contributed by atoms with Crippen molar-refractivity contribution in [2.75, 3.05) is 13.2 Å². The summed E-state index contributed by atoms with van der Waals surface area (Å²) in [7, 11) is 0. The Morgan fingerprint density at radius 1 is 1.17 bits per heavy atom. The van der Waals surface area contributed by atoms with Crippen LogP contribution in [-0.4, -0.2) is 45.9 Å². The molecule has 3 nitrogen and oxygen atoms in total. The molecule has 101 valence electrons. The van der Waals surface area contributed by atoms with Crippen molar-refractivity contribution in [3.05, 3.63) is 5.92 Å². The van der Waals surface area contributed by atoms with E-state index in [0.29, 0.717) is 5.54 Å². The van der Waals surface area contributed by atoms with Crippen LogP contribution in [0.4, 0.5) is 0 Å². The van der Waals surface area contributed by atoms with Crippen molar-refractivity contribution in [2.24, 2.45) is 11.8 Å². The van der Waals surface area contributed by atoms with Gasteiger partial charge in [0.2, 0.25) is 0 Å². The molecule has 4 aliphatic carbocycles. The van der Waals surface area contributed by atoms with Gasteiger partial charge in [-0.2, -0.15) is 0 Å². The molecular formula is C15H24NO2. The molecule has 2 N–H and O–H groups in total. The fourth-order valence-corrected chi connectivity index (χ4v) is 5.74. The number of aliphatic hydroxyl groups excluding tert-OH is 2. The molecular weight excluding hydrogens is 226 g/mol. The highest BCUT2D eigenvalue weighted by Gasteiger charge is 2.56. The molecule has 1 radical (unpaired) electrons. The number of hydrogen-bond donors (Lipinski definition) is 2. The SMILES string of the molecule is OCC1CC(O)CN1C12C[C]3CC(CC(C3)C1)C2. The summed E-state index contributed by atoms with van der Waals surface area (Å²) in [6, 6.07) is 0.205. The molecule has 1 aliphatic heterocycles. The fourth-order valence-electron chi connectivity index (χ4n) is 5.74. The maximum absolute atomic E-state index is 9.94. The highest BCUT2D eigenvalue weighted by atomic mass is 16.3. The zero-order valence-corrected chi connectivity index (χ0v) is 11.0. The number of hydrogen-bond acceptors (Lipinski definition) is 3. The summed E-state index contributed by atoms with van der Waals surface area (Å²) >= 11 is 0. The van der Waals surface area contributed by atoms with Gasteiger partial charge in [0.1, 0.15) is 0 Å². The molecule has 5 fully saturated rings. The van der Waals surface area contributed by atoms with Crippen molar-refractivity contribution >= 4 is 0 Å². The van der Waals surface area contributed by atoms with Crippen LogP contribution in [0.1, 0.15) is 44.9 Å². The van der Waals surface area contributed by atoms with Crippen LogP contribution in [-0.2, 0) is 0 Å². The Balaban J connectivity index is 1.63.